The summed E-state index contributed by atoms with van der Waals surface area (Å²) < 4.78 is 6.89. The van der Waals surface area contributed by atoms with Gasteiger partial charge in [-0.15, -0.1) is 11.3 Å². The molecule has 152 valence electrons. The SMILES string of the molecule is CN(C)c1ccc(C(=O)NCc2ccc(-c3nc4ccccc4s3)o2)cc1[N+](=O)[O-]. The molecule has 9 heteroatoms. The van der Waals surface area contributed by atoms with E-state index in [0.717, 1.165) is 15.2 Å². The number of nitrogens with zero attached hydrogens (tertiary/aromatic N) is 3. The van der Waals surface area contributed by atoms with Crippen LogP contribution in [0.3, 0.4) is 0 Å². The third kappa shape index (κ3) is 3.87. The number of nitro groups is 1. The van der Waals surface area contributed by atoms with E-state index in [9.17, 15) is 14.9 Å². The molecule has 30 heavy (non-hydrogen) atoms. The van der Waals surface area contributed by atoms with Gasteiger partial charge in [-0.05, 0) is 36.4 Å². The molecule has 4 rings (SSSR count). The Hall–Kier alpha value is -3.72. The minimum Gasteiger partial charge on any atom is -0.457 e. The van der Waals surface area contributed by atoms with Crippen LogP contribution in [0.4, 0.5) is 11.4 Å². The van der Waals surface area contributed by atoms with Gasteiger partial charge in [0.2, 0.25) is 0 Å². The van der Waals surface area contributed by atoms with Gasteiger partial charge in [-0.25, -0.2) is 4.98 Å². The molecule has 2 aromatic heterocycles. The molecular formula is C21H18N4O4S. The molecule has 0 aliphatic carbocycles. The number of carbonyl (C=O) groups is 1. The van der Waals surface area contributed by atoms with Crippen LogP contribution in [0.25, 0.3) is 21.0 Å². The molecule has 2 heterocycles. The molecule has 0 unspecified atom stereocenters. The molecule has 8 nitrogen and oxygen atoms in total. The van der Waals surface area contributed by atoms with Gasteiger partial charge in [-0.2, -0.15) is 0 Å². The van der Waals surface area contributed by atoms with E-state index < -0.39 is 10.8 Å². The van der Waals surface area contributed by atoms with Crippen molar-refractivity contribution in [1.29, 1.82) is 0 Å². The van der Waals surface area contributed by atoms with Gasteiger partial charge in [0.1, 0.15) is 11.4 Å². The highest BCUT2D eigenvalue weighted by molar-refractivity contribution is 7.21. The smallest absolute Gasteiger partial charge is 0.293 e. The Balaban J connectivity index is 1.47. The average molecular weight is 422 g/mol. The van der Waals surface area contributed by atoms with Crippen molar-refractivity contribution in [1.82, 2.24) is 10.3 Å². The topological polar surface area (TPSA) is 102 Å². The average Bonchev–Trinajstić information content (AvgIpc) is 3.38. The van der Waals surface area contributed by atoms with E-state index in [0.29, 0.717) is 17.2 Å². The number of hydrogen-bond acceptors (Lipinski definition) is 7. The van der Waals surface area contributed by atoms with Crippen LogP contribution in [0.5, 0.6) is 0 Å². The number of aromatic nitrogens is 1. The molecule has 4 aromatic rings. The zero-order valence-electron chi connectivity index (χ0n) is 16.3. The minimum absolute atomic E-state index is 0.122. The van der Waals surface area contributed by atoms with Gasteiger partial charge in [0.05, 0.1) is 21.7 Å². The van der Waals surface area contributed by atoms with Crippen LogP contribution in [0.1, 0.15) is 16.1 Å². The van der Waals surface area contributed by atoms with Crippen molar-refractivity contribution in [2.24, 2.45) is 0 Å². The number of hydrogen-bond donors (Lipinski definition) is 1. The van der Waals surface area contributed by atoms with Crippen LogP contribution in [-0.2, 0) is 6.54 Å². The number of furan rings is 1. The number of amides is 1. The Labute approximate surface area is 175 Å². The van der Waals surface area contributed by atoms with Crippen molar-refractivity contribution >= 4 is 38.8 Å². The van der Waals surface area contributed by atoms with Crippen LogP contribution in [0.15, 0.2) is 59.0 Å². The molecule has 1 N–H and O–H groups in total. The minimum atomic E-state index is -0.497. The normalized spacial score (nSPS) is 10.9. The molecule has 0 atom stereocenters. The van der Waals surface area contributed by atoms with E-state index in [4.69, 9.17) is 4.42 Å². The summed E-state index contributed by atoms with van der Waals surface area (Å²) in [6.07, 6.45) is 0. The standard InChI is InChI=1S/C21H18N4O4S/c1-24(2)16-9-7-13(11-17(16)25(27)28)20(26)22-12-14-8-10-18(29-14)21-23-15-5-3-4-6-19(15)30-21/h3-11H,12H2,1-2H3,(H,22,26). The number of nitrogens with one attached hydrogen (secondary N) is 1. The van der Waals surface area contributed by atoms with Gasteiger partial charge < -0.3 is 14.6 Å². The van der Waals surface area contributed by atoms with Gasteiger partial charge >= 0.3 is 0 Å². The summed E-state index contributed by atoms with van der Waals surface area (Å²) in [4.78, 5) is 29.5. The maximum Gasteiger partial charge on any atom is 0.293 e. The molecular weight excluding hydrogens is 404 g/mol. The van der Waals surface area contributed by atoms with Crippen LogP contribution < -0.4 is 10.2 Å². The van der Waals surface area contributed by atoms with Gasteiger partial charge in [-0.1, -0.05) is 12.1 Å². The second-order valence-electron chi connectivity index (χ2n) is 6.79. The fraction of sp³-hybridized carbons (Fsp3) is 0.143. The summed E-state index contributed by atoms with van der Waals surface area (Å²) in [5.41, 5.74) is 1.43. The van der Waals surface area contributed by atoms with E-state index in [1.165, 1.54) is 17.4 Å². The maximum absolute atomic E-state index is 12.5. The zero-order chi connectivity index (χ0) is 21.3. The highest BCUT2D eigenvalue weighted by Gasteiger charge is 2.19. The van der Waals surface area contributed by atoms with Crippen LogP contribution in [-0.4, -0.2) is 29.9 Å². The molecule has 0 saturated carbocycles. The Bertz CT molecular complexity index is 1210. The molecule has 2 aromatic carbocycles. The van der Waals surface area contributed by atoms with Crippen LogP contribution in [0, 0.1) is 10.1 Å². The predicted molar refractivity (Wildman–Crippen MR) is 116 cm³/mol. The van der Waals surface area contributed by atoms with E-state index in [2.05, 4.69) is 10.3 Å². The highest BCUT2D eigenvalue weighted by atomic mass is 32.1. The molecule has 0 aliphatic heterocycles. The molecule has 0 fully saturated rings. The quantitative estimate of drug-likeness (QED) is 0.364. The largest absolute Gasteiger partial charge is 0.457 e. The molecule has 0 radical (unpaired) electrons. The van der Waals surface area contributed by atoms with Gasteiger partial charge in [-0.3, -0.25) is 14.9 Å². The number of rotatable bonds is 6. The first kappa shape index (κ1) is 19.6. The molecule has 0 aliphatic rings. The summed E-state index contributed by atoms with van der Waals surface area (Å²) in [6.45, 7) is 0.160. The second kappa shape index (κ2) is 7.96. The van der Waals surface area contributed by atoms with Crippen LogP contribution >= 0.6 is 11.3 Å². The number of para-hydroxylation sites is 1. The Kier molecular flexibility index (Phi) is 5.20. The van der Waals surface area contributed by atoms with Gasteiger partial charge in [0.15, 0.2) is 10.8 Å². The zero-order valence-corrected chi connectivity index (χ0v) is 17.1. The Morgan fingerprint density at radius 2 is 2.00 bits per heavy atom. The lowest BCUT2D eigenvalue weighted by atomic mass is 10.1. The monoisotopic (exact) mass is 422 g/mol. The summed E-state index contributed by atoms with van der Waals surface area (Å²) >= 11 is 1.53. The lowest BCUT2D eigenvalue weighted by Gasteiger charge is -2.13. The van der Waals surface area contributed by atoms with E-state index in [1.54, 1.807) is 37.2 Å². The fourth-order valence-electron chi connectivity index (χ4n) is 3.02. The third-order valence-electron chi connectivity index (χ3n) is 4.51. The number of fused-ring (bicyclic) bond motifs is 1. The van der Waals surface area contributed by atoms with Gasteiger partial charge in [0.25, 0.3) is 11.6 Å². The third-order valence-corrected chi connectivity index (χ3v) is 5.56. The van der Waals surface area contributed by atoms with Crippen molar-refractivity contribution in [3.05, 3.63) is 76.0 Å². The number of benzene rings is 2. The number of anilines is 1. The lowest BCUT2D eigenvalue weighted by molar-refractivity contribution is -0.384. The maximum atomic E-state index is 12.5. The molecule has 0 spiro atoms. The lowest BCUT2D eigenvalue weighted by Crippen LogP contribution is -2.23. The fourth-order valence-corrected chi connectivity index (χ4v) is 3.95. The summed E-state index contributed by atoms with van der Waals surface area (Å²) in [5, 5.41) is 14.8. The predicted octanol–water partition coefficient (Wildman–Crippen LogP) is 4.46. The first-order valence-corrected chi connectivity index (χ1v) is 9.92. The van der Waals surface area contributed by atoms with Crippen LogP contribution in [0.2, 0.25) is 0 Å². The first-order valence-electron chi connectivity index (χ1n) is 9.11. The van der Waals surface area contributed by atoms with Crippen molar-refractivity contribution in [2.45, 2.75) is 6.54 Å². The highest BCUT2D eigenvalue weighted by Crippen LogP contribution is 2.31. The van der Waals surface area contributed by atoms with E-state index in [-0.39, 0.29) is 17.8 Å². The first-order chi connectivity index (χ1) is 14.4. The molecule has 1 amide bonds. The number of nitro benzene ring substituents is 1. The van der Waals surface area contributed by atoms with Crippen molar-refractivity contribution in [3.63, 3.8) is 0 Å². The van der Waals surface area contributed by atoms with Gasteiger partial charge in [0, 0.05) is 25.7 Å². The second-order valence-corrected chi connectivity index (χ2v) is 7.82. The van der Waals surface area contributed by atoms with E-state index >= 15 is 0 Å². The summed E-state index contributed by atoms with van der Waals surface area (Å²) in [6, 6.07) is 15.8. The van der Waals surface area contributed by atoms with E-state index in [1.807, 2.05) is 30.3 Å². The molecule has 0 bridgehead atoms. The van der Waals surface area contributed by atoms with Crippen molar-refractivity contribution < 1.29 is 14.1 Å². The molecule has 0 saturated heterocycles. The Morgan fingerprint density at radius 3 is 2.73 bits per heavy atom. The number of carbonyl (C=O) groups excluding carboxylic acids is 1. The summed E-state index contributed by atoms with van der Waals surface area (Å²) in [5.74, 6) is 0.782. The number of thiazole rings is 1. The summed E-state index contributed by atoms with van der Waals surface area (Å²) in [7, 11) is 3.42. The Morgan fingerprint density at radius 1 is 1.20 bits per heavy atom. The van der Waals surface area contributed by atoms with Crippen molar-refractivity contribution in [2.75, 3.05) is 19.0 Å². The van der Waals surface area contributed by atoms with Crippen molar-refractivity contribution in [3.8, 4) is 10.8 Å².